The van der Waals surface area contributed by atoms with Gasteiger partial charge in [0.15, 0.2) is 0 Å². The fourth-order valence-corrected chi connectivity index (χ4v) is 6.05. The Labute approximate surface area is 218 Å². The quantitative estimate of drug-likeness (QED) is 0.413. The van der Waals surface area contributed by atoms with Gasteiger partial charge in [-0.05, 0) is 88.9 Å². The topological polar surface area (TPSA) is 83.4 Å². The molecule has 2 aromatic rings. The van der Waals surface area contributed by atoms with Gasteiger partial charge in [-0.2, -0.15) is 0 Å². The molecule has 1 aliphatic heterocycles. The normalized spacial score (nSPS) is 17.9. The summed E-state index contributed by atoms with van der Waals surface area (Å²) < 4.78 is 15.3. The largest absolute Gasteiger partial charge is 0.344 e. The second-order valence-corrected chi connectivity index (χ2v) is 10.9. The molecule has 8 heteroatoms. The van der Waals surface area contributed by atoms with E-state index in [1.807, 2.05) is 0 Å². The molecule has 1 saturated carbocycles. The maximum Gasteiger partial charge on any atom is 0.294 e. The van der Waals surface area contributed by atoms with Crippen LogP contribution in [0.4, 0.5) is 10.1 Å². The first-order valence-corrected chi connectivity index (χ1v) is 13.4. The number of hydrogen-bond donors (Lipinski definition) is 2. The predicted octanol–water partition coefficient (Wildman–Crippen LogP) is 4.83. The highest BCUT2D eigenvalue weighted by Gasteiger charge is 2.38. The smallest absolute Gasteiger partial charge is 0.294 e. The van der Waals surface area contributed by atoms with E-state index in [4.69, 9.17) is 0 Å². The van der Waals surface area contributed by atoms with Crippen molar-refractivity contribution in [2.24, 2.45) is 7.05 Å². The number of rotatable bonds is 7. The van der Waals surface area contributed by atoms with Gasteiger partial charge in [0.1, 0.15) is 5.82 Å². The van der Waals surface area contributed by atoms with Crippen LogP contribution in [0.5, 0.6) is 0 Å². The summed E-state index contributed by atoms with van der Waals surface area (Å²) in [7, 11) is 1.70. The van der Waals surface area contributed by atoms with Crippen LogP contribution < -0.4 is 10.6 Å². The molecule has 0 spiro atoms. The molecule has 1 aliphatic carbocycles. The summed E-state index contributed by atoms with van der Waals surface area (Å²) in [6.45, 7) is 7.93. The average molecular weight is 511 g/mol. The Balaban J connectivity index is 1.54. The number of ketones is 1. The van der Waals surface area contributed by atoms with E-state index in [9.17, 15) is 18.8 Å². The van der Waals surface area contributed by atoms with Crippen LogP contribution in [0.1, 0.15) is 89.0 Å². The van der Waals surface area contributed by atoms with Crippen molar-refractivity contribution < 1.29 is 18.8 Å². The van der Waals surface area contributed by atoms with Crippen molar-refractivity contribution in [2.45, 2.75) is 77.7 Å². The zero-order valence-electron chi connectivity index (χ0n) is 22.5. The molecule has 2 fully saturated rings. The Morgan fingerprint density at radius 2 is 1.62 bits per heavy atom. The van der Waals surface area contributed by atoms with Crippen LogP contribution in [0.3, 0.4) is 0 Å². The number of nitrogens with zero attached hydrogens (tertiary/aromatic N) is 2. The number of benzene rings is 1. The Bertz CT molecular complexity index is 1190. The molecule has 4 rings (SSSR count). The van der Waals surface area contributed by atoms with Crippen molar-refractivity contribution in [2.75, 3.05) is 25.0 Å². The second-order valence-electron chi connectivity index (χ2n) is 10.9. The maximum absolute atomic E-state index is 13.6. The minimum atomic E-state index is -0.622. The van der Waals surface area contributed by atoms with Crippen LogP contribution in [0.15, 0.2) is 18.2 Å². The van der Waals surface area contributed by atoms with Crippen molar-refractivity contribution in [3.63, 3.8) is 0 Å². The number of aromatic nitrogens is 1. The van der Waals surface area contributed by atoms with E-state index in [-0.39, 0.29) is 11.5 Å². The molecule has 0 bridgehead atoms. The lowest BCUT2D eigenvalue weighted by Crippen LogP contribution is -2.58. The van der Waals surface area contributed by atoms with Crippen molar-refractivity contribution in [1.29, 1.82) is 0 Å². The first-order chi connectivity index (χ1) is 17.6. The zero-order chi connectivity index (χ0) is 26.7. The van der Waals surface area contributed by atoms with Gasteiger partial charge < -0.3 is 20.1 Å². The molecule has 0 radical (unpaired) electrons. The number of anilines is 1. The molecule has 7 nitrogen and oxygen atoms in total. The van der Waals surface area contributed by atoms with E-state index in [0.29, 0.717) is 28.1 Å². The summed E-state index contributed by atoms with van der Waals surface area (Å²) >= 11 is 0. The highest BCUT2D eigenvalue weighted by atomic mass is 19.1. The molecular formula is C29H39FN4O3. The molecule has 2 N–H and O–H groups in total. The first-order valence-electron chi connectivity index (χ1n) is 13.4. The van der Waals surface area contributed by atoms with E-state index in [1.165, 1.54) is 31.4 Å². The molecule has 1 saturated heterocycles. The van der Waals surface area contributed by atoms with Crippen LogP contribution in [0, 0.1) is 26.6 Å². The number of Topliss-reactive ketones (excluding diaryl/α,β-unsaturated/α-hetero) is 1. The van der Waals surface area contributed by atoms with E-state index < -0.39 is 23.1 Å². The number of piperidine rings is 1. The average Bonchev–Trinajstić information content (AvgIpc) is 3.09. The van der Waals surface area contributed by atoms with Crippen LogP contribution >= 0.6 is 0 Å². The Morgan fingerprint density at radius 1 is 0.973 bits per heavy atom. The van der Waals surface area contributed by atoms with E-state index in [0.717, 1.165) is 51.7 Å². The predicted molar refractivity (Wildman–Crippen MR) is 143 cm³/mol. The number of likely N-dealkylation sites (tertiary alicyclic amines) is 1. The second kappa shape index (κ2) is 11.2. The minimum absolute atomic E-state index is 0.222. The van der Waals surface area contributed by atoms with Crippen molar-refractivity contribution >= 4 is 23.3 Å². The third-order valence-corrected chi connectivity index (χ3v) is 8.16. The fourth-order valence-electron chi connectivity index (χ4n) is 6.05. The van der Waals surface area contributed by atoms with Gasteiger partial charge >= 0.3 is 0 Å². The van der Waals surface area contributed by atoms with Gasteiger partial charge in [-0.15, -0.1) is 0 Å². The highest BCUT2D eigenvalue weighted by Crippen LogP contribution is 2.31. The number of aryl methyl sites for hydroxylation is 1. The number of halogens is 1. The molecule has 1 aromatic heterocycles. The maximum atomic E-state index is 13.6. The Morgan fingerprint density at radius 3 is 2.27 bits per heavy atom. The molecule has 0 atom stereocenters. The van der Waals surface area contributed by atoms with Crippen LogP contribution in [0.2, 0.25) is 0 Å². The zero-order valence-corrected chi connectivity index (χ0v) is 22.5. The number of carbonyl (C=O) groups excluding carboxylic acids is 3. The van der Waals surface area contributed by atoms with E-state index >= 15 is 0 Å². The molecule has 37 heavy (non-hydrogen) atoms. The van der Waals surface area contributed by atoms with Crippen LogP contribution in [0.25, 0.3) is 0 Å². The van der Waals surface area contributed by atoms with E-state index in [1.54, 1.807) is 38.5 Å². The molecule has 2 aliphatic rings. The van der Waals surface area contributed by atoms with Crippen molar-refractivity contribution in [3.8, 4) is 0 Å². The van der Waals surface area contributed by atoms with Gasteiger partial charge in [0, 0.05) is 25.0 Å². The lowest BCUT2D eigenvalue weighted by Gasteiger charge is -2.42. The molecular weight excluding hydrogens is 471 g/mol. The molecule has 2 heterocycles. The van der Waals surface area contributed by atoms with Crippen LogP contribution in [-0.2, 0) is 11.8 Å². The summed E-state index contributed by atoms with van der Waals surface area (Å²) in [6.07, 6.45) is 8.57. The van der Waals surface area contributed by atoms with Gasteiger partial charge in [0.05, 0.1) is 16.8 Å². The lowest BCUT2D eigenvalue weighted by molar-refractivity contribution is -0.119. The van der Waals surface area contributed by atoms with Crippen molar-refractivity contribution in [1.82, 2.24) is 14.8 Å². The summed E-state index contributed by atoms with van der Waals surface area (Å²) in [4.78, 5) is 42.5. The fraction of sp³-hybridized carbons (Fsp3) is 0.552. The van der Waals surface area contributed by atoms with E-state index in [2.05, 4.69) is 15.5 Å². The summed E-state index contributed by atoms with van der Waals surface area (Å²) in [5.41, 5.74) is 2.12. The number of carbonyl (C=O) groups is 3. The van der Waals surface area contributed by atoms with Gasteiger partial charge in [-0.25, -0.2) is 4.39 Å². The summed E-state index contributed by atoms with van der Waals surface area (Å²) in [6, 6.07) is 4.37. The van der Waals surface area contributed by atoms with Gasteiger partial charge in [-0.1, -0.05) is 25.7 Å². The molecule has 0 unspecified atom stereocenters. The third-order valence-electron chi connectivity index (χ3n) is 8.16. The minimum Gasteiger partial charge on any atom is -0.344 e. The number of amides is 2. The summed E-state index contributed by atoms with van der Waals surface area (Å²) in [5, 5.41) is 5.96. The number of hydrogen-bond acceptors (Lipinski definition) is 4. The monoisotopic (exact) mass is 510 g/mol. The van der Waals surface area contributed by atoms with Gasteiger partial charge in [0.2, 0.25) is 0 Å². The number of nitrogens with one attached hydrogen (secondary N) is 2. The molecule has 1 aromatic carbocycles. The lowest BCUT2D eigenvalue weighted by atomic mass is 9.80. The SMILES string of the molecule is Cc1cc(NC(=O)c2c(C)c(C(=O)C(=O)NC3(CN4CCCCC4)CCCCC3)n(C)c2C)ccc1F. The standard InChI is InChI=1S/C29H39FN4O3/c1-19-17-22(11-12-23(19)30)31-27(36)24-20(2)25(33(4)21(24)3)26(35)28(37)32-29(13-7-5-8-14-29)18-34-15-9-6-10-16-34/h11-12,17H,5-10,13-16,18H2,1-4H3,(H,31,36)(H,32,37). The third kappa shape index (κ3) is 5.79. The summed E-state index contributed by atoms with van der Waals surface area (Å²) in [5.74, 6) is -1.97. The van der Waals surface area contributed by atoms with Crippen LogP contribution in [-0.4, -0.2) is 52.2 Å². The highest BCUT2D eigenvalue weighted by molar-refractivity contribution is 6.43. The molecule has 200 valence electrons. The van der Waals surface area contributed by atoms with Crippen molar-refractivity contribution in [3.05, 3.63) is 52.1 Å². The van der Waals surface area contributed by atoms with Gasteiger partial charge in [0.25, 0.3) is 17.6 Å². The first kappa shape index (κ1) is 27.0. The Hall–Kier alpha value is -3.00. The van der Waals surface area contributed by atoms with Gasteiger partial charge in [-0.3, -0.25) is 14.4 Å². The molecule has 2 amide bonds. The Kier molecular flexibility index (Phi) is 8.17.